The van der Waals surface area contributed by atoms with E-state index in [4.69, 9.17) is 0 Å². The molecule has 0 aliphatic carbocycles. The lowest BCUT2D eigenvalue weighted by molar-refractivity contribution is 0.0616. The van der Waals surface area contributed by atoms with Crippen molar-refractivity contribution in [1.29, 1.82) is 0 Å². The Labute approximate surface area is 148 Å². The number of piperidine rings is 1. The van der Waals surface area contributed by atoms with Crippen LogP contribution >= 0.6 is 15.9 Å². The van der Waals surface area contributed by atoms with Crippen LogP contribution in [0.4, 0.5) is 4.39 Å². The van der Waals surface area contributed by atoms with Crippen molar-refractivity contribution in [3.8, 4) is 0 Å². The van der Waals surface area contributed by atoms with Crippen molar-refractivity contribution in [2.75, 3.05) is 33.7 Å². The second-order valence-corrected chi connectivity index (χ2v) is 8.17. The number of hydrogen-bond donors (Lipinski definition) is 1. The lowest BCUT2D eigenvalue weighted by Crippen LogP contribution is -2.55. The van der Waals surface area contributed by atoms with Crippen LogP contribution < -0.4 is 5.32 Å². The first kappa shape index (κ1) is 18.8. The first-order valence-corrected chi connectivity index (χ1v) is 9.15. The molecule has 0 saturated carbocycles. The monoisotopic (exact) mass is 385 g/mol. The zero-order valence-electron chi connectivity index (χ0n) is 14.7. The molecule has 1 heterocycles. The van der Waals surface area contributed by atoms with Crippen molar-refractivity contribution in [3.63, 3.8) is 0 Å². The average Bonchev–Trinajstić information content (AvgIpc) is 2.51. The molecule has 0 amide bonds. The van der Waals surface area contributed by atoms with Crippen molar-refractivity contribution in [2.45, 2.75) is 44.8 Å². The summed E-state index contributed by atoms with van der Waals surface area (Å²) < 4.78 is 14.5. The third kappa shape index (κ3) is 4.99. The quantitative estimate of drug-likeness (QED) is 0.808. The lowest BCUT2D eigenvalue weighted by atomic mass is 9.95. The summed E-state index contributed by atoms with van der Waals surface area (Å²) >= 11 is 3.24. The average molecular weight is 386 g/mol. The summed E-state index contributed by atoms with van der Waals surface area (Å²) in [6, 6.07) is 6.15. The van der Waals surface area contributed by atoms with E-state index in [2.05, 4.69) is 59.0 Å². The molecular formula is C18H29BrFN3. The number of rotatable bonds is 6. The highest BCUT2D eigenvalue weighted by Gasteiger charge is 2.30. The molecule has 1 aliphatic rings. The zero-order chi connectivity index (χ0) is 17.0. The van der Waals surface area contributed by atoms with Gasteiger partial charge in [0.05, 0.1) is 4.47 Å². The molecule has 1 aromatic rings. The Kier molecular flexibility index (Phi) is 6.60. The number of hydrogen-bond acceptors (Lipinski definition) is 3. The van der Waals surface area contributed by atoms with Crippen molar-refractivity contribution >= 4 is 15.9 Å². The highest BCUT2D eigenvalue weighted by Crippen LogP contribution is 2.23. The third-order valence-electron chi connectivity index (χ3n) is 4.96. The fourth-order valence-electron chi connectivity index (χ4n) is 3.29. The van der Waals surface area contributed by atoms with Crippen molar-refractivity contribution in [2.24, 2.45) is 0 Å². The Morgan fingerprint density at radius 2 is 1.96 bits per heavy atom. The van der Waals surface area contributed by atoms with Gasteiger partial charge in [0, 0.05) is 43.3 Å². The normalized spacial score (nSPS) is 17.9. The van der Waals surface area contributed by atoms with Crippen LogP contribution in [0, 0.1) is 5.82 Å². The molecule has 0 radical (unpaired) electrons. The van der Waals surface area contributed by atoms with E-state index < -0.39 is 0 Å². The Morgan fingerprint density at radius 1 is 1.30 bits per heavy atom. The molecule has 2 rings (SSSR count). The highest BCUT2D eigenvalue weighted by atomic mass is 79.9. The molecule has 1 N–H and O–H groups in total. The van der Waals surface area contributed by atoms with Gasteiger partial charge in [-0.2, -0.15) is 0 Å². The second-order valence-electron chi connectivity index (χ2n) is 7.31. The molecule has 3 nitrogen and oxygen atoms in total. The Bertz CT molecular complexity index is 511. The zero-order valence-corrected chi connectivity index (χ0v) is 16.3. The number of nitrogens with one attached hydrogen (secondary N) is 1. The van der Waals surface area contributed by atoms with Gasteiger partial charge in [0.1, 0.15) is 5.82 Å². The molecule has 1 saturated heterocycles. The molecule has 0 spiro atoms. The number of nitrogens with zero attached hydrogens (tertiary/aromatic N) is 2. The largest absolute Gasteiger partial charge is 0.311 e. The van der Waals surface area contributed by atoms with Crippen molar-refractivity contribution < 1.29 is 4.39 Å². The summed E-state index contributed by atoms with van der Waals surface area (Å²) in [4.78, 5) is 4.88. The first-order chi connectivity index (χ1) is 10.8. The summed E-state index contributed by atoms with van der Waals surface area (Å²) in [6.07, 6.45) is 2.44. The Morgan fingerprint density at radius 3 is 2.57 bits per heavy atom. The second kappa shape index (κ2) is 8.06. The summed E-state index contributed by atoms with van der Waals surface area (Å²) in [5, 5.41) is 3.43. The maximum Gasteiger partial charge on any atom is 0.141 e. The third-order valence-corrected chi connectivity index (χ3v) is 5.57. The minimum absolute atomic E-state index is 0.0831. The van der Waals surface area contributed by atoms with E-state index in [-0.39, 0.29) is 11.4 Å². The predicted octanol–water partition coefficient (Wildman–Crippen LogP) is 3.48. The molecule has 5 heteroatoms. The minimum atomic E-state index is -0.162. The maximum atomic E-state index is 14.0. The van der Waals surface area contributed by atoms with Crippen LogP contribution in [0.5, 0.6) is 0 Å². The molecule has 130 valence electrons. The van der Waals surface area contributed by atoms with Crippen molar-refractivity contribution in [3.05, 3.63) is 34.1 Å². The Balaban J connectivity index is 1.83. The van der Waals surface area contributed by atoms with Crippen LogP contribution in [0.2, 0.25) is 0 Å². The highest BCUT2D eigenvalue weighted by molar-refractivity contribution is 9.10. The van der Waals surface area contributed by atoms with Crippen LogP contribution in [-0.4, -0.2) is 55.1 Å². The number of benzene rings is 1. The molecule has 1 aliphatic heterocycles. The van der Waals surface area contributed by atoms with E-state index >= 15 is 0 Å². The van der Waals surface area contributed by atoms with Gasteiger partial charge in [0.2, 0.25) is 0 Å². The fourth-order valence-corrected chi connectivity index (χ4v) is 3.69. The number of likely N-dealkylation sites (tertiary alicyclic amines) is 1. The van der Waals surface area contributed by atoms with Crippen LogP contribution in [0.15, 0.2) is 22.7 Å². The summed E-state index contributed by atoms with van der Waals surface area (Å²) in [7, 11) is 4.33. The first-order valence-electron chi connectivity index (χ1n) is 8.36. The maximum absolute atomic E-state index is 14.0. The Hall–Kier alpha value is -0.490. The van der Waals surface area contributed by atoms with E-state index in [9.17, 15) is 4.39 Å². The van der Waals surface area contributed by atoms with Gasteiger partial charge in [-0.3, -0.25) is 4.90 Å². The molecule has 0 atom stereocenters. The lowest BCUT2D eigenvalue weighted by Gasteiger charge is -2.44. The van der Waals surface area contributed by atoms with Gasteiger partial charge in [0.25, 0.3) is 0 Å². The SMILES string of the molecule is CN(C)C1CCN(C(C)(C)CNCc2cccc(Br)c2F)CC1. The molecule has 23 heavy (non-hydrogen) atoms. The van der Waals surface area contributed by atoms with Gasteiger partial charge in [-0.15, -0.1) is 0 Å². The summed E-state index contributed by atoms with van der Waals surface area (Å²) in [6.45, 7) is 8.21. The predicted molar refractivity (Wildman–Crippen MR) is 98.2 cm³/mol. The summed E-state index contributed by atoms with van der Waals surface area (Å²) in [5.41, 5.74) is 0.793. The molecular weight excluding hydrogens is 357 g/mol. The smallest absolute Gasteiger partial charge is 0.141 e. The van der Waals surface area contributed by atoms with Crippen LogP contribution in [0.25, 0.3) is 0 Å². The van der Waals surface area contributed by atoms with E-state index in [1.165, 1.54) is 12.8 Å². The van der Waals surface area contributed by atoms with Gasteiger partial charge in [-0.1, -0.05) is 12.1 Å². The molecule has 1 aromatic carbocycles. The molecule has 0 aromatic heterocycles. The minimum Gasteiger partial charge on any atom is -0.311 e. The van der Waals surface area contributed by atoms with Crippen LogP contribution in [0.3, 0.4) is 0 Å². The van der Waals surface area contributed by atoms with E-state index in [0.717, 1.165) is 19.6 Å². The molecule has 1 fully saturated rings. The van der Waals surface area contributed by atoms with E-state index in [1.807, 2.05) is 12.1 Å². The molecule has 0 unspecified atom stereocenters. The van der Waals surface area contributed by atoms with Gasteiger partial charge in [-0.25, -0.2) is 4.39 Å². The van der Waals surface area contributed by atoms with E-state index in [0.29, 0.717) is 22.6 Å². The van der Waals surface area contributed by atoms with Crippen molar-refractivity contribution in [1.82, 2.24) is 15.1 Å². The van der Waals surface area contributed by atoms with E-state index in [1.54, 1.807) is 6.07 Å². The number of halogens is 2. The molecule has 0 bridgehead atoms. The van der Waals surface area contributed by atoms with Gasteiger partial charge < -0.3 is 10.2 Å². The van der Waals surface area contributed by atoms with Gasteiger partial charge in [0.15, 0.2) is 0 Å². The van der Waals surface area contributed by atoms with Gasteiger partial charge in [-0.05, 0) is 62.8 Å². The van der Waals surface area contributed by atoms with Crippen LogP contribution in [-0.2, 0) is 6.54 Å². The topological polar surface area (TPSA) is 18.5 Å². The van der Waals surface area contributed by atoms with Gasteiger partial charge >= 0.3 is 0 Å². The standard InChI is InChI=1S/C18H29BrFN3/c1-18(2,23-10-8-15(9-11-23)22(3)4)13-21-12-14-6-5-7-16(19)17(14)20/h5-7,15,21H,8-13H2,1-4H3. The fraction of sp³-hybridized carbons (Fsp3) is 0.667. The van der Waals surface area contributed by atoms with Crippen LogP contribution in [0.1, 0.15) is 32.3 Å². The summed E-state index contributed by atoms with van der Waals surface area (Å²) in [5.74, 6) is -0.162.